The Morgan fingerprint density at radius 2 is 1.79 bits per heavy atom. The first-order valence-corrected chi connectivity index (χ1v) is 7.92. The Balaban J connectivity index is 3.72. The van der Waals surface area contributed by atoms with Crippen LogP contribution in [0.25, 0.3) is 0 Å². The molecule has 0 aliphatic carbocycles. The van der Waals surface area contributed by atoms with E-state index in [4.69, 9.17) is 19.5 Å². The van der Waals surface area contributed by atoms with Gasteiger partial charge in [-0.15, -0.1) is 0 Å². The second kappa shape index (κ2) is 5.43. The number of methoxy groups -OCH3 is 1. The SMILES string of the molecule is COc1cc(CCO)c(S(N)(=O)=O)cc1S(=O)(=O)O. The lowest BCUT2D eigenvalue weighted by molar-refractivity contribution is 0.298. The van der Waals surface area contributed by atoms with Gasteiger partial charge < -0.3 is 9.84 Å². The van der Waals surface area contributed by atoms with Crippen molar-refractivity contribution in [2.75, 3.05) is 13.7 Å². The van der Waals surface area contributed by atoms with Crippen LogP contribution in [0.15, 0.2) is 21.9 Å². The molecule has 0 atom stereocenters. The number of aliphatic hydroxyl groups is 1. The van der Waals surface area contributed by atoms with E-state index in [2.05, 4.69) is 0 Å². The van der Waals surface area contributed by atoms with E-state index in [0.717, 1.165) is 13.2 Å². The van der Waals surface area contributed by atoms with E-state index >= 15 is 0 Å². The molecule has 4 N–H and O–H groups in total. The van der Waals surface area contributed by atoms with E-state index in [1.54, 1.807) is 0 Å². The first-order valence-electron chi connectivity index (χ1n) is 4.93. The van der Waals surface area contributed by atoms with Crippen molar-refractivity contribution < 1.29 is 31.2 Å². The number of ether oxygens (including phenoxy) is 1. The van der Waals surface area contributed by atoms with Crippen molar-refractivity contribution in [2.24, 2.45) is 5.14 Å². The Hall–Kier alpha value is -1.20. The monoisotopic (exact) mass is 311 g/mol. The summed E-state index contributed by atoms with van der Waals surface area (Å²) < 4.78 is 58.9. The fourth-order valence-corrected chi connectivity index (χ4v) is 3.07. The van der Waals surface area contributed by atoms with E-state index in [-0.39, 0.29) is 24.3 Å². The molecule has 8 nitrogen and oxygen atoms in total. The highest BCUT2D eigenvalue weighted by molar-refractivity contribution is 7.89. The molecule has 1 aromatic carbocycles. The van der Waals surface area contributed by atoms with Gasteiger partial charge in [-0.25, -0.2) is 13.6 Å². The lowest BCUT2D eigenvalue weighted by atomic mass is 10.1. The standard InChI is InChI=1S/C9H13NO7S2/c1-17-7-4-6(2-3-11)8(18(10,12)13)5-9(7)19(14,15)16/h4-5,11H,2-3H2,1H3,(H2,10,12,13)(H,14,15,16). The zero-order chi connectivity index (χ0) is 14.8. The minimum atomic E-state index is -4.67. The van der Waals surface area contributed by atoms with Crippen molar-refractivity contribution in [1.29, 1.82) is 0 Å². The van der Waals surface area contributed by atoms with Gasteiger partial charge in [0, 0.05) is 6.61 Å². The zero-order valence-electron chi connectivity index (χ0n) is 9.90. The van der Waals surface area contributed by atoms with Crippen LogP contribution in [0.5, 0.6) is 5.75 Å². The molecule has 0 radical (unpaired) electrons. The summed E-state index contributed by atoms with van der Waals surface area (Å²) in [5.41, 5.74) is 0.0919. The van der Waals surface area contributed by atoms with Crippen molar-refractivity contribution in [3.05, 3.63) is 17.7 Å². The average Bonchev–Trinajstić information content (AvgIpc) is 2.25. The number of hydrogen-bond acceptors (Lipinski definition) is 6. The summed E-state index contributed by atoms with van der Waals surface area (Å²) >= 11 is 0. The number of nitrogens with two attached hydrogens (primary N) is 1. The van der Waals surface area contributed by atoms with Gasteiger partial charge in [0.15, 0.2) is 0 Å². The van der Waals surface area contributed by atoms with Crippen molar-refractivity contribution in [1.82, 2.24) is 0 Å². The second-order valence-electron chi connectivity index (χ2n) is 3.60. The Labute approximate surface area is 110 Å². The summed E-state index contributed by atoms with van der Waals surface area (Å²) in [5.74, 6) is -0.238. The third kappa shape index (κ3) is 3.64. The molecule has 0 heterocycles. The number of sulfonamides is 1. The van der Waals surface area contributed by atoms with Gasteiger partial charge >= 0.3 is 0 Å². The maximum Gasteiger partial charge on any atom is 0.298 e. The van der Waals surface area contributed by atoms with Gasteiger partial charge in [0.2, 0.25) is 10.0 Å². The first kappa shape index (κ1) is 15.9. The summed E-state index contributed by atoms with van der Waals surface area (Å²) in [6, 6.07) is 1.80. The van der Waals surface area contributed by atoms with E-state index < -0.39 is 29.9 Å². The highest BCUT2D eigenvalue weighted by Crippen LogP contribution is 2.29. The van der Waals surface area contributed by atoms with E-state index in [0.29, 0.717) is 6.07 Å². The number of hydrogen-bond donors (Lipinski definition) is 3. The molecule has 0 aliphatic rings. The molecule has 0 saturated heterocycles. The van der Waals surface area contributed by atoms with Crippen LogP contribution in [0, 0.1) is 0 Å². The lowest BCUT2D eigenvalue weighted by Crippen LogP contribution is -2.17. The van der Waals surface area contributed by atoms with Gasteiger partial charge in [-0.2, -0.15) is 8.42 Å². The van der Waals surface area contributed by atoms with Crippen LogP contribution >= 0.6 is 0 Å². The van der Waals surface area contributed by atoms with Crippen molar-refractivity contribution >= 4 is 20.1 Å². The number of primary sulfonamides is 1. The lowest BCUT2D eigenvalue weighted by Gasteiger charge is -2.12. The molecule has 10 heteroatoms. The number of rotatable bonds is 5. The van der Waals surface area contributed by atoms with Crippen LogP contribution in [-0.2, 0) is 26.6 Å². The quantitative estimate of drug-likeness (QED) is 0.599. The fraction of sp³-hybridized carbons (Fsp3) is 0.333. The molecule has 1 aromatic rings. The summed E-state index contributed by atoms with van der Waals surface area (Å²) in [4.78, 5) is -1.20. The Bertz CT molecular complexity index is 679. The maximum atomic E-state index is 11.4. The largest absolute Gasteiger partial charge is 0.495 e. The second-order valence-corrected chi connectivity index (χ2v) is 6.52. The predicted molar refractivity (Wildman–Crippen MR) is 65.0 cm³/mol. The Kier molecular flexibility index (Phi) is 4.53. The molecular formula is C9H13NO7S2. The molecule has 1 rings (SSSR count). The molecule has 19 heavy (non-hydrogen) atoms. The summed E-state index contributed by atoms with van der Waals surface area (Å²) in [6.07, 6.45) is -0.0616. The topological polar surface area (TPSA) is 144 Å². The maximum absolute atomic E-state index is 11.4. The normalized spacial score (nSPS) is 12.4. The predicted octanol–water partition coefficient (Wildman–Crippen LogP) is -0.876. The van der Waals surface area contributed by atoms with Crippen molar-refractivity contribution in [3.63, 3.8) is 0 Å². The summed E-state index contributed by atoms with van der Waals surface area (Å²) in [5, 5.41) is 13.8. The first-order chi connectivity index (χ1) is 8.61. The van der Waals surface area contributed by atoms with Gasteiger partial charge in [0.1, 0.15) is 10.6 Å². The molecule has 0 aromatic heterocycles. The Morgan fingerprint density at radius 3 is 2.16 bits per heavy atom. The Morgan fingerprint density at radius 1 is 1.21 bits per heavy atom. The van der Waals surface area contributed by atoms with Crippen LogP contribution in [-0.4, -0.2) is 40.2 Å². The molecule has 0 saturated carbocycles. The van der Waals surface area contributed by atoms with Gasteiger partial charge in [0.25, 0.3) is 10.1 Å². The number of benzene rings is 1. The molecule has 108 valence electrons. The molecular weight excluding hydrogens is 298 g/mol. The zero-order valence-corrected chi connectivity index (χ0v) is 11.5. The van der Waals surface area contributed by atoms with E-state index in [1.807, 2.05) is 0 Å². The molecule has 0 aliphatic heterocycles. The van der Waals surface area contributed by atoms with E-state index in [1.165, 1.54) is 0 Å². The number of aliphatic hydroxyl groups excluding tert-OH is 1. The molecule has 0 fully saturated rings. The summed E-state index contributed by atoms with van der Waals surface area (Å²) in [6.45, 7) is -0.364. The van der Waals surface area contributed by atoms with Crippen LogP contribution in [0.1, 0.15) is 5.56 Å². The highest BCUT2D eigenvalue weighted by atomic mass is 32.2. The smallest absolute Gasteiger partial charge is 0.298 e. The van der Waals surface area contributed by atoms with Gasteiger partial charge in [0.05, 0.1) is 12.0 Å². The molecule has 0 spiro atoms. The molecule has 0 bridgehead atoms. The van der Waals surface area contributed by atoms with Crippen LogP contribution in [0.3, 0.4) is 0 Å². The van der Waals surface area contributed by atoms with E-state index in [9.17, 15) is 16.8 Å². The summed E-state index contributed by atoms with van der Waals surface area (Å²) in [7, 11) is -7.72. The average molecular weight is 311 g/mol. The van der Waals surface area contributed by atoms with Crippen LogP contribution < -0.4 is 9.88 Å². The van der Waals surface area contributed by atoms with Crippen molar-refractivity contribution in [3.8, 4) is 5.75 Å². The third-order valence-electron chi connectivity index (χ3n) is 2.31. The third-order valence-corrected chi connectivity index (χ3v) is 4.18. The van der Waals surface area contributed by atoms with Gasteiger partial charge in [-0.05, 0) is 24.1 Å². The van der Waals surface area contributed by atoms with Crippen LogP contribution in [0.2, 0.25) is 0 Å². The van der Waals surface area contributed by atoms with Crippen LogP contribution in [0.4, 0.5) is 0 Å². The molecule has 0 amide bonds. The minimum Gasteiger partial charge on any atom is -0.495 e. The van der Waals surface area contributed by atoms with Gasteiger partial charge in [-0.3, -0.25) is 4.55 Å². The van der Waals surface area contributed by atoms with Crippen molar-refractivity contribution in [2.45, 2.75) is 16.2 Å². The highest BCUT2D eigenvalue weighted by Gasteiger charge is 2.23. The van der Waals surface area contributed by atoms with Gasteiger partial charge in [-0.1, -0.05) is 0 Å². The molecule has 0 unspecified atom stereocenters. The minimum absolute atomic E-state index is 0.0616. The fourth-order valence-electron chi connectivity index (χ4n) is 1.53.